The summed E-state index contributed by atoms with van der Waals surface area (Å²) in [5, 5.41) is 14.2. The number of pyridine rings is 1. The van der Waals surface area contributed by atoms with Gasteiger partial charge in [0.05, 0.1) is 11.2 Å². The second-order valence-electron chi connectivity index (χ2n) is 4.25. The van der Waals surface area contributed by atoms with E-state index < -0.39 is 5.97 Å². The molecule has 0 fully saturated rings. The minimum absolute atomic E-state index is 0.0469. The van der Waals surface area contributed by atoms with Crippen molar-refractivity contribution < 1.29 is 9.90 Å². The molecule has 0 aliphatic rings. The quantitative estimate of drug-likeness (QED) is 0.761. The van der Waals surface area contributed by atoms with Gasteiger partial charge in [-0.25, -0.2) is 9.78 Å². The van der Waals surface area contributed by atoms with Crippen LogP contribution in [0.25, 0.3) is 22.2 Å². The lowest BCUT2D eigenvalue weighted by atomic mass is 10.1. The molecule has 2 heterocycles. The van der Waals surface area contributed by atoms with Crippen molar-refractivity contribution in [1.82, 2.24) is 14.8 Å². The zero-order valence-corrected chi connectivity index (χ0v) is 10.2. The largest absolute Gasteiger partial charge is 0.477 e. The molecule has 0 aliphatic carbocycles. The molecule has 5 nitrogen and oxygen atoms in total. The number of hydrogen-bond donors (Lipinski definition) is 1. The fraction of sp³-hybridized carbons (Fsp3) is 0.0714. The highest BCUT2D eigenvalue weighted by molar-refractivity contribution is 5.96. The molecule has 0 unspecified atom stereocenters. The van der Waals surface area contributed by atoms with E-state index in [4.69, 9.17) is 5.11 Å². The number of carboxylic acids is 1. The SMILES string of the molecule is Cn1ccc(-c2cccc3nc(C(=O)O)ccc23)n1. The standard InChI is InChI=1S/C14H11N3O2/c1-17-8-7-12(16-17)9-3-2-4-11-10(9)5-6-13(15-11)14(18)19/h2-8H,1H3,(H,18,19). The van der Waals surface area contributed by atoms with Gasteiger partial charge in [-0.05, 0) is 24.3 Å². The van der Waals surface area contributed by atoms with Crippen LogP contribution in [0.4, 0.5) is 0 Å². The van der Waals surface area contributed by atoms with Gasteiger partial charge in [-0.1, -0.05) is 12.1 Å². The predicted molar refractivity (Wildman–Crippen MR) is 70.9 cm³/mol. The molecule has 0 saturated carbocycles. The summed E-state index contributed by atoms with van der Waals surface area (Å²) in [7, 11) is 1.86. The van der Waals surface area contributed by atoms with Crippen LogP contribution in [0.2, 0.25) is 0 Å². The average molecular weight is 253 g/mol. The Morgan fingerprint density at radius 2 is 2.05 bits per heavy atom. The topological polar surface area (TPSA) is 68.0 Å². The summed E-state index contributed by atoms with van der Waals surface area (Å²) in [5.74, 6) is -1.02. The van der Waals surface area contributed by atoms with Gasteiger partial charge in [0.2, 0.25) is 0 Å². The van der Waals surface area contributed by atoms with Crippen molar-refractivity contribution in [3.63, 3.8) is 0 Å². The predicted octanol–water partition coefficient (Wildman–Crippen LogP) is 2.33. The fourth-order valence-corrected chi connectivity index (χ4v) is 2.06. The van der Waals surface area contributed by atoms with Gasteiger partial charge in [-0.15, -0.1) is 0 Å². The second-order valence-corrected chi connectivity index (χ2v) is 4.25. The van der Waals surface area contributed by atoms with Gasteiger partial charge < -0.3 is 5.11 Å². The smallest absolute Gasteiger partial charge is 0.354 e. The van der Waals surface area contributed by atoms with E-state index in [1.54, 1.807) is 16.8 Å². The van der Waals surface area contributed by atoms with Crippen LogP contribution in [0, 0.1) is 0 Å². The van der Waals surface area contributed by atoms with Crippen molar-refractivity contribution in [2.75, 3.05) is 0 Å². The zero-order valence-electron chi connectivity index (χ0n) is 10.2. The van der Waals surface area contributed by atoms with Crippen LogP contribution in [0.3, 0.4) is 0 Å². The maximum atomic E-state index is 10.9. The van der Waals surface area contributed by atoms with Crippen LogP contribution >= 0.6 is 0 Å². The Morgan fingerprint density at radius 1 is 1.21 bits per heavy atom. The lowest BCUT2D eigenvalue weighted by Crippen LogP contribution is -2.00. The summed E-state index contributed by atoms with van der Waals surface area (Å²) in [6.07, 6.45) is 1.87. The zero-order chi connectivity index (χ0) is 13.4. The van der Waals surface area contributed by atoms with Crippen LogP contribution in [0.5, 0.6) is 0 Å². The van der Waals surface area contributed by atoms with Crippen molar-refractivity contribution in [3.05, 3.63) is 48.3 Å². The molecule has 0 aliphatic heterocycles. The lowest BCUT2D eigenvalue weighted by molar-refractivity contribution is 0.0691. The molecule has 19 heavy (non-hydrogen) atoms. The number of fused-ring (bicyclic) bond motifs is 1. The van der Waals surface area contributed by atoms with Gasteiger partial charge >= 0.3 is 5.97 Å². The Labute approximate surface area is 109 Å². The van der Waals surface area contributed by atoms with Crippen LogP contribution in [-0.2, 0) is 7.05 Å². The summed E-state index contributed by atoms with van der Waals surface area (Å²) >= 11 is 0. The molecule has 0 spiro atoms. The van der Waals surface area contributed by atoms with E-state index in [2.05, 4.69) is 10.1 Å². The maximum absolute atomic E-state index is 10.9. The molecule has 3 rings (SSSR count). The summed E-state index contributed by atoms with van der Waals surface area (Å²) in [5.41, 5.74) is 2.49. The molecule has 1 aromatic carbocycles. The highest BCUT2D eigenvalue weighted by atomic mass is 16.4. The third-order valence-corrected chi connectivity index (χ3v) is 2.94. The molecule has 0 amide bonds. The molecular formula is C14H11N3O2. The van der Waals surface area contributed by atoms with E-state index >= 15 is 0 Å². The van der Waals surface area contributed by atoms with Crippen LogP contribution < -0.4 is 0 Å². The molecule has 3 aromatic rings. The number of aromatic carboxylic acids is 1. The number of rotatable bonds is 2. The number of nitrogens with zero attached hydrogens (tertiary/aromatic N) is 3. The van der Waals surface area contributed by atoms with E-state index in [0.29, 0.717) is 5.52 Å². The third-order valence-electron chi connectivity index (χ3n) is 2.94. The van der Waals surface area contributed by atoms with Crippen molar-refractivity contribution in [1.29, 1.82) is 0 Å². The molecule has 0 atom stereocenters. The summed E-state index contributed by atoms with van der Waals surface area (Å²) in [4.78, 5) is 15.1. The number of carboxylic acid groups (broad SMARTS) is 1. The van der Waals surface area contributed by atoms with Crippen LogP contribution in [0.15, 0.2) is 42.6 Å². The maximum Gasteiger partial charge on any atom is 0.354 e. The summed E-state index contributed by atoms with van der Waals surface area (Å²) in [6.45, 7) is 0. The Morgan fingerprint density at radius 3 is 2.74 bits per heavy atom. The first-order valence-corrected chi connectivity index (χ1v) is 5.78. The van der Waals surface area contributed by atoms with E-state index in [0.717, 1.165) is 16.6 Å². The molecule has 2 aromatic heterocycles. The number of hydrogen-bond acceptors (Lipinski definition) is 3. The highest BCUT2D eigenvalue weighted by Crippen LogP contribution is 2.26. The van der Waals surface area contributed by atoms with E-state index in [1.165, 1.54) is 6.07 Å². The molecular weight excluding hydrogens is 242 g/mol. The Hall–Kier alpha value is -2.69. The van der Waals surface area contributed by atoms with Crippen LogP contribution in [-0.4, -0.2) is 25.8 Å². The monoisotopic (exact) mass is 253 g/mol. The average Bonchev–Trinajstić information content (AvgIpc) is 2.84. The second kappa shape index (κ2) is 4.20. The molecule has 0 radical (unpaired) electrons. The number of aryl methyl sites for hydroxylation is 1. The lowest BCUT2D eigenvalue weighted by Gasteiger charge is -2.04. The third kappa shape index (κ3) is 1.95. The van der Waals surface area contributed by atoms with Gasteiger partial charge in [0.1, 0.15) is 5.69 Å². The Kier molecular flexibility index (Phi) is 2.52. The number of carbonyl (C=O) groups is 1. The van der Waals surface area contributed by atoms with Gasteiger partial charge in [-0.3, -0.25) is 4.68 Å². The van der Waals surface area contributed by atoms with Gasteiger partial charge in [-0.2, -0.15) is 5.10 Å². The van der Waals surface area contributed by atoms with Crippen molar-refractivity contribution in [3.8, 4) is 11.3 Å². The minimum atomic E-state index is -1.02. The summed E-state index contributed by atoms with van der Waals surface area (Å²) in [6, 6.07) is 10.8. The first kappa shape index (κ1) is 11.4. The van der Waals surface area contributed by atoms with E-state index in [9.17, 15) is 4.79 Å². The first-order chi connectivity index (χ1) is 9.15. The Balaban J connectivity index is 2.24. The number of benzene rings is 1. The molecule has 5 heteroatoms. The molecule has 94 valence electrons. The van der Waals surface area contributed by atoms with Gasteiger partial charge in [0.15, 0.2) is 0 Å². The Bertz CT molecular complexity index is 777. The van der Waals surface area contributed by atoms with Gasteiger partial charge in [0, 0.05) is 24.2 Å². The van der Waals surface area contributed by atoms with Crippen LogP contribution in [0.1, 0.15) is 10.5 Å². The first-order valence-electron chi connectivity index (χ1n) is 5.78. The van der Waals surface area contributed by atoms with Crippen molar-refractivity contribution in [2.45, 2.75) is 0 Å². The molecule has 0 saturated heterocycles. The van der Waals surface area contributed by atoms with Crippen molar-refractivity contribution >= 4 is 16.9 Å². The highest BCUT2D eigenvalue weighted by Gasteiger charge is 2.10. The normalized spacial score (nSPS) is 10.8. The number of aromatic nitrogens is 3. The van der Waals surface area contributed by atoms with Crippen molar-refractivity contribution in [2.24, 2.45) is 7.05 Å². The van der Waals surface area contributed by atoms with E-state index in [1.807, 2.05) is 31.4 Å². The van der Waals surface area contributed by atoms with Gasteiger partial charge in [0.25, 0.3) is 0 Å². The fourth-order valence-electron chi connectivity index (χ4n) is 2.06. The summed E-state index contributed by atoms with van der Waals surface area (Å²) < 4.78 is 1.73. The minimum Gasteiger partial charge on any atom is -0.477 e. The molecule has 0 bridgehead atoms. The van der Waals surface area contributed by atoms with E-state index in [-0.39, 0.29) is 5.69 Å². The molecule has 1 N–H and O–H groups in total.